The second-order valence-electron chi connectivity index (χ2n) is 12.7. The summed E-state index contributed by atoms with van der Waals surface area (Å²) in [7, 11) is 0. The molecule has 174 valence electrons. The Morgan fingerprint density at radius 2 is 1.90 bits per heavy atom. The highest BCUT2D eigenvalue weighted by Gasteiger charge is 2.61. The summed E-state index contributed by atoms with van der Waals surface area (Å²) in [5, 5.41) is 9.28. The van der Waals surface area contributed by atoms with Crippen molar-refractivity contribution in [1.29, 1.82) is 0 Å². The van der Waals surface area contributed by atoms with Gasteiger partial charge in [-0.2, -0.15) is 0 Å². The molecule has 0 bridgehead atoms. The average Bonchev–Trinajstić information content (AvgIpc) is 3.08. The first-order chi connectivity index (χ1) is 14.6. The number of ketones is 1. The quantitative estimate of drug-likeness (QED) is 0.475. The molecule has 0 aromatic heterocycles. The van der Waals surface area contributed by atoms with E-state index in [0.29, 0.717) is 11.2 Å². The van der Waals surface area contributed by atoms with E-state index in [0.717, 1.165) is 54.4 Å². The minimum atomic E-state index is -0.258. The van der Waals surface area contributed by atoms with Gasteiger partial charge in [0.15, 0.2) is 0 Å². The summed E-state index contributed by atoms with van der Waals surface area (Å²) in [5.41, 5.74) is 3.05. The first kappa shape index (κ1) is 23.3. The Kier molecular flexibility index (Phi) is 6.12. The van der Waals surface area contributed by atoms with Crippen LogP contribution >= 0.6 is 0 Å². The van der Waals surface area contributed by atoms with E-state index in [9.17, 15) is 9.90 Å². The number of aliphatic hydroxyl groups is 1. The lowest BCUT2D eigenvalue weighted by molar-refractivity contribution is -0.132. The molecule has 3 fully saturated rings. The van der Waals surface area contributed by atoms with Crippen molar-refractivity contribution in [1.82, 2.24) is 0 Å². The van der Waals surface area contributed by atoms with Crippen molar-refractivity contribution in [2.24, 2.45) is 45.8 Å². The van der Waals surface area contributed by atoms with Crippen molar-refractivity contribution in [3.8, 4) is 0 Å². The van der Waals surface area contributed by atoms with Crippen LogP contribution in [0.15, 0.2) is 23.3 Å². The molecule has 4 aliphatic carbocycles. The summed E-state index contributed by atoms with van der Waals surface area (Å²) >= 11 is 0. The molecule has 0 saturated heterocycles. The molecule has 2 nitrogen and oxygen atoms in total. The summed E-state index contributed by atoms with van der Waals surface area (Å²) in [6.45, 7) is 14.2. The summed E-state index contributed by atoms with van der Waals surface area (Å²) in [6, 6.07) is 0. The fourth-order valence-corrected chi connectivity index (χ4v) is 9.05. The topological polar surface area (TPSA) is 37.3 Å². The van der Waals surface area contributed by atoms with Crippen molar-refractivity contribution in [3.63, 3.8) is 0 Å². The van der Waals surface area contributed by atoms with Gasteiger partial charge in [-0.3, -0.25) is 4.79 Å². The summed E-state index contributed by atoms with van der Waals surface area (Å²) in [4.78, 5) is 12.7. The van der Waals surface area contributed by atoms with E-state index in [2.05, 4.69) is 46.8 Å². The molecule has 0 aromatic carbocycles. The number of Topliss-reactive ketones (excluding diaryl/α,β-unsaturated/α-hetero) is 1. The van der Waals surface area contributed by atoms with E-state index in [4.69, 9.17) is 0 Å². The number of hydrogen-bond donors (Lipinski definition) is 1. The third-order valence-electron chi connectivity index (χ3n) is 10.8. The van der Waals surface area contributed by atoms with Gasteiger partial charge in [0.05, 0.1) is 6.61 Å². The molecule has 0 amide bonds. The minimum absolute atomic E-state index is 0.192. The number of carbonyl (C=O) groups excluding carboxylic acids is 1. The Bertz CT molecular complexity index is 774. The number of carbonyl (C=O) groups is 1. The zero-order chi connectivity index (χ0) is 22.6. The van der Waals surface area contributed by atoms with Crippen LogP contribution in [0, 0.1) is 45.8 Å². The number of aliphatic hydroxyl groups excluding tert-OH is 1. The third kappa shape index (κ3) is 3.60. The molecule has 3 saturated carbocycles. The first-order valence-corrected chi connectivity index (χ1v) is 13.1. The molecule has 4 rings (SSSR count). The fourth-order valence-electron chi connectivity index (χ4n) is 9.05. The van der Waals surface area contributed by atoms with E-state index in [1.165, 1.54) is 44.1 Å². The highest BCUT2D eigenvalue weighted by molar-refractivity contribution is 5.89. The zero-order valence-corrected chi connectivity index (χ0v) is 21.0. The molecular formula is C29H46O2. The highest BCUT2D eigenvalue weighted by atomic mass is 16.3. The van der Waals surface area contributed by atoms with Crippen LogP contribution in [0.5, 0.6) is 0 Å². The molecule has 7 atom stereocenters. The molecule has 0 aliphatic heterocycles. The Balaban J connectivity index is 1.54. The van der Waals surface area contributed by atoms with E-state index >= 15 is 0 Å². The fraction of sp³-hybridized carbons (Fsp3) is 0.828. The predicted molar refractivity (Wildman–Crippen MR) is 129 cm³/mol. The van der Waals surface area contributed by atoms with Crippen molar-refractivity contribution in [3.05, 3.63) is 23.3 Å². The molecule has 0 radical (unpaired) electrons. The van der Waals surface area contributed by atoms with Crippen molar-refractivity contribution in [2.75, 3.05) is 6.61 Å². The lowest BCUT2D eigenvalue weighted by Crippen LogP contribution is -2.53. The van der Waals surface area contributed by atoms with Gasteiger partial charge in [0.25, 0.3) is 0 Å². The maximum Gasteiger partial charge on any atom is 0.142 e. The Labute approximate surface area is 191 Å². The van der Waals surface area contributed by atoms with Crippen molar-refractivity contribution in [2.45, 2.75) is 99.3 Å². The normalized spacial score (nSPS) is 43.0. The summed E-state index contributed by atoms with van der Waals surface area (Å²) in [6.07, 6.45) is 15.7. The van der Waals surface area contributed by atoms with Gasteiger partial charge in [-0.05, 0) is 113 Å². The smallest absolute Gasteiger partial charge is 0.142 e. The van der Waals surface area contributed by atoms with Crippen LogP contribution in [0.1, 0.15) is 99.3 Å². The van der Waals surface area contributed by atoms with Gasteiger partial charge in [0.2, 0.25) is 0 Å². The number of rotatable bonds is 5. The van der Waals surface area contributed by atoms with Crippen LogP contribution in [0.2, 0.25) is 0 Å². The highest BCUT2D eigenvalue weighted by Crippen LogP contribution is 2.68. The summed E-state index contributed by atoms with van der Waals surface area (Å²) < 4.78 is 0. The van der Waals surface area contributed by atoms with Gasteiger partial charge in [-0.15, -0.1) is 0 Å². The number of hydrogen-bond acceptors (Lipinski definition) is 2. The Morgan fingerprint density at radius 3 is 2.61 bits per heavy atom. The lowest BCUT2D eigenvalue weighted by Gasteiger charge is -2.60. The second kappa shape index (κ2) is 8.15. The second-order valence-corrected chi connectivity index (χ2v) is 12.7. The van der Waals surface area contributed by atoms with Gasteiger partial charge in [0, 0.05) is 11.8 Å². The van der Waals surface area contributed by atoms with E-state index in [1.807, 2.05) is 6.92 Å². The SMILES string of the molecule is CC(=CCC[C@@H](C)[C@H]1CC[C@H]2[C@@H]3CC=C4C(C)(C)C(=O)CC[C@]4(C)[C@H]3CC[C@]12C)CO. The van der Waals surface area contributed by atoms with Crippen LogP contribution in [-0.2, 0) is 4.79 Å². The lowest BCUT2D eigenvalue weighted by atomic mass is 9.44. The van der Waals surface area contributed by atoms with Crippen LogP contribution in [0.25, 0.3) is 0 Å². The van der Waals surface area contributed by atoms with Crippen LogP contribution < -0.4 is 0 Å². The van der Waals surface area contributed by atoms with Gasteiger partial charge < -0.3 is 5.11 Å². The number of allylic oxidation sites excluding steroid dienone is 3. The molecule has 4 aliphatic rings. The van der Waals surface area contributed by atoms with Gasteiger partial charge in [-0.25, -0.2) is 0 Å². The maximum atomic E-state index is 12.7. The zero-order valence-electron chi connectivity index (χ0n) is 21.0. The molecule has 31 heavy (non-hydrogen) atoms. The van der Waals surface area contributed by atoms with Gasteiger partial charge >= 0.3 is 0 Å². The van der Waals surface area contributed by atoms with Crippen LogP contribution in [0.4, 0.5) is 0 Å². The van der Waals surface area contributed by atoms with E-state index in [1.54, 1.807) is 0 Å². The molecule has 1 N–H and O–H groups in total. The first-order valence-electron chi connectivity index (χ1n) is 13.1. The minimum Gasteiger partial charge on any atom is -0.392 e. The number of fused-ring (bicyclic) bond motifs is 5. The van der Waals surface area contributed by atoms with E-state index in [-0.39, 0.29) is 17.4 Å². The van der Waals surface area contributed by atoms with Gasteiger partial charge in [-0.1, -0.05) is 44.1 Å². The molecule has 0 heterocycles. The van der Waals surface area contributed by atoms with Crippen molar-refractivity contribution < 1.29 is 9.90 Å². The molecule has 0 spiro atoms. The molecule has 0 aromatic rings. The van der Waals surface area contributed by atoms with Crippen LogP contribution in [0.3, 0.4) is 0 Å². The third-order valence-corrected chi connectivity index (χ3v) is 10.8. The van der Waals surface area contributed by atoms with E-state index < -0.39 is 0 Å². The molecular weight excluding hydrogens is 380 g/mol. The standard InChI is InChI=1S/C29H46O2/c1-19(18-30)8-7-9-20(2)22-11-12-23-21-10-13-25-27(3,4)26(31)15-17-29(25,6)24(21)14-16-28(22,23)5/h8,13,20-24,30H,7,9-12,14-18H2,1-6H3/t20-,21+,22-,23+,24+,28-,29-/m1/s1. The summed E-state index contributed by atoms with van der Waals surface area (Å²) in [5.74, 6) is 4.47. The largest absolute Gasteiger partial charge is 0.392 e. The van der Waals surface area contributed by atoms with Crippen molar-refractivity contribution >= 4 is 5.78 Å². The predicted octanol–water partition coefficient (Wildman–Crippen LogP) is 7.13. The average molecular weight is 427 g/mol. The van der Waals surface area contributed by atoms with Gasteiger partial charge in [0.1, 0.15) is 5.78 Å². The Morgan fingerprint density at radius 1 is 1.16 bits per heavy atom. The Hall–Kier alpha value is -0.890. The molecule has 2 heteroatoms. The molecule has 0 unspecified atom stereocenters. The maximum absolute atomic E-state index is 12.7. The monoisotopic (exact) mass is 426 g/mol. The van der Waals surface area contributed by atoms with Crippen LogP contribution in [-0.4, -0.2) is 17.5 Å².